The van der Waals surface area contributed by atoms with Crippen molar-refractivity contribution in [1.29, 1.82) is 0 Å². The summed E-state index contributed by atoms with van der Waals surface area (Å²) in [6.45, 7) is 5.36. The van der Waals surface area contributed by atoms with E-state index >= 15 is 4.79 Å². The van der Waals surface area contributed by atoms with Crippen LogP contribution in [0.4, 0.5) is 9.18 Å². The molecule has 5 aliphatic rings. The van der Waals surface area contributed by atoms with Crippen molar-refractivity contribution in [3.63, 3.8) is 0 Å². The van der Waals surface area contributed by atoms with Crippen molar-refractivity contribution in [3.8, 4) is 11.5 Å². The molecule has 7 atom stereocenters. The Morgan fingerprint density at radius 1 is 0.912 bits per heavy atom. The van der Waals surface area contributed by atoms with Crippen LogP contribution in [0.3, 0.4) is 0 Å². The SMILES string of the molecule is C=CCO[C@@]12Oc3ccc(OC(=O)NCc4ccccc4)cc3[C@H]3[C@H](CCCCO)[C@@H](CCCCO)C=C(C(=NOC4CCCCO4)C[C@@H]1N(Cc1ccc(F)cc1)C(=O)CCC1CCCC1)[C@H]32. The number of fused-ring (bicyclic) bond motifs is 2. The van der Waals surface area contributed by atoms with Gasteiger partial charge in [0, 0.05) is 57.0 Å². The van der Waals surface area contributed by atoms with Crippen LogP contribution in [0.15, 0.2) is 102 Å². The summed E-state index contributed by atoms with van der Waals surface area (Å²) in [6.07, 6.45) is 15.7. The Balaban J connectivity index is 1.28. The van der Waals surface area contributed by atoms with Crippen LogP contribution in [0.2, 0.25) is 0 Å². The molecule has 12 nitrogen and oxygen atoms in total. The van der Waals surface area contributed by atoms with Crippen molar-refractivity contribution in [1.82, 2.24) is 10.2 Å². The van der Waals surface area contributed by atoms with Gasteiger partial charge in [0.1, 0.15) is 23.4 Å². The number of hydrogen-bond donors (Lipinski definition) is 3. The summed E-state index contributed by atoms with van der Waals surface area (Å²) in [5, 5.41) is 27.9. The number of carbonyl (C=O) groups is 2. The molecule has 2 aliphatic heterocycles. The summed E-state index contributed by atoms with van der Waals surface area (Å²) in [5.74, 6) is -1.44. The Morgan fingerprint density at radius 3 is 2.41 bits per heavy atom. The quantitative estimate of drug-likeness (QED) is 0.0509. The van der Waals surface area contributed by atoms with Gasteiger partial charge in [-0.1, -0.05) is 98.3 Å². The number of carbonyl (C=O) groups excluding carboxylic acids is 2. The first-order valence-corrected chi connectivity index (χ1v) is 25.2. The third-order valence-corrected chi connectivity index (χ3v) is 14.8. The van der Waals surface area contributed by atoms with Crippen LogP contribution in [-0.2, 0) is 32.2 Å². The highest BCUT2D eigenvalue weighted by Crippen LogP contribution is 2.62. The van der Waals surface area contributed by atoms with Crippen LogP contribution in [-0.4, -0.2) is 77.4 Å². The number of aliphatic hydroxyl groups excluding tert-OH is 2. The minimum absolute atomic E-state index is 0.00864. The van der Waals surface area contributed by atoms with Crippen molar-refractivity contribution in [3.05, 3.63) is 120 Å². The average Bonchev–Trinajstić information content (AvgIpc) is 3.89. The number of allylic oxidation sites excluding steroid dienone is 1. The minimum Gasteiger partial charge on any atom is -0.459 e. The number of rotatable bonds is 22. The van der Waals surface area contributed by atoms with Crippen molar-refractivity contribution < 1.29 is 48.0 Å². The molecule has 0 bridgehead atoms. The van der Waals surface area contributed by atoms with Crippen LogP contribution in [0.1, 0.15) is 125 Å². The predicted octanol–water partition coefficient (Wildman–Crippen LogP) is 10.3. The van der Waals surface area contributed by atoms with Gasteiger partial charge in [-0.05, 0) is 110 Å². The molecule has 0 spiro atoms. The highest BCUT2D eigenvalue weighted by molar-refractivity contribution is 6.03. The van der Waals surface area contributed by atoms with Gasteiger partial charge in [0.25, 0.3) is 0 Å². The number of aliphatic hydroxyl groups is 2. The third-order valence-electron chi connectivity index (χ3n) is 14.8. The first-order valence-electron chi connectivity index (χ1n) is 25.2. The second-order valence-corrected chi connectivity index (χ2v) is 19.2. The molecule has 2 heterocycles. The van der Waals surface area contributed by atoms with E-state index in [2.05, 4.69) is 18.0 Å². The Kier molecular flexibility index (Phi) is 17.4. The fraction of sp³-hybridized carbons (Fsp3) is 0.545. The molecule has 68 heavy (non-hydrogen) atoms. The molecule has 3 N–H and O–H groups in total. The lowest BCUT2D eigenvalue weighted by molar-refractivity contribution is -0.258. The van der Waals surface area contributed by atoms with E-state index in [4.69, 9.17) is 28.9 Å². The van der Waals surface area contributed by atoms with Gasteiger partial charge in [0.2, 0.25) is 18.0 Å². The lowest BCUT2D eigenvalue weighted by Crippen LogP contribution is -2.70. The fourth-order valence-corrected chi connectivity index (χ4v) is 11.5. The molecule has 3 aromatic rings. The molecule has 8 rings (SSSR count). The normalized spacial score (nSPS) is 25.9. The molecule has 1 unspecified atom stereocenters. The molecule has 0 radical (unpaired) electrons. The first kappa shape index (κ1) is 49.3. The van der Waals surface area contributed by atoms with E-state index in [1.54, 1.807) is 24.3 Å². The number of nitrogens with zero attached hydrogens (tertiary/aromatic N) is 2. The molecule has 2 saturated carbocycles. The fourth-order valence-electron chi connectivity index (χ4n) is 11.5. The molecule has 3 aliphatic carbocycles. The van der Waals surface area contributed by atoms with Crippen LogP contribution in [0.25, 0.3) is 0 Å². The van der Waals surface area contributed by atoms with E-state index in [1.807, 2.05) is 47.4 Å². The maximum Gasteiger partial charge on any atom is 0.412 e. The van der Waals surface area contributed by atoms with Crippen LogP contribution >= 0.6 is 0 Å². The maximum atomic E-state index is 15.2. The summed E-state index contributed by atoms with van der Waals surface area (Å²) in [6, 6.07) is 20.7. The highest BCUT2D eigenvalue weighted by atomic mass is 19.1. The zero-order chi connectivity index (χ0) is 47.3. The molecule has 13 heteroatoms. The number of oxime groups is 1. The zero-order valence-corrected chi connectivity index (χ0v) is 39.4. The van der Waals surface area contributed by atoms with E-state index in [9.17, 15) is 19.4 Å². The van der Waals surface area contributed by atoms with Gasteiger partial charge in [-0.25, -0.2) is 9.18 Å². The Morgan fingerprint density at radius 2 is 1.68 bits per heavy atom. The second kappa shape index (κ2) is 24.0. The van der Waals surface area contributed by atoms with E-state index in [-0.39, 0.29) is 62.3 Å². The lowest BCUT2D eigenvalue weighted by Gasteiger charge is -2.60. The molecule has 3 fully saturated rings. The number of amides is 2. The molecule has 366 valence electrons. The average molecular weight is 936 g/mol. The van der Waals surface area contributed by atoms with Gasteiger partial charge < -0.3 is 44.2 Å². The number of ether oxygens (including phenoxy) is 4. The molecule has 1 saturated heterocycles. The van der Waals surface area contributed by atoms with Gasteiger partial charge in [0.15, 0.2) is 0 Å². The molecular weight excluding hydrogens is 866 g/mol. The van der Waals surface area contributed by atoms with Gasteiger partial charge in [-0.15, -0.1) is 6.58 Å². The standard InChI is InChI=1S/C55H70FN3O9/c1-2-31-65-55-49(59(37-40-21-24-42(56)25-22-40)50(62)28-23-38-14-6-7-15-38)35-47(58-68-51-20-10-13-32-64-51)45-33-41(18-8-11-29-60)44(19-9-12-30-61)52(53(45)55)46-34-43(26-27-48(46)67-55)66-54(63)57-36-39-16-4-3-5-17-39/h2-5,16-17,21-22,24-27,33-34,38,41,44,49,51-53,60-61H,1,6-15,18-20,23,28-32,35-37H2,(H,57,63)/t41-,44+,49-,51?,52+,53+,55+/m0/s1. The molecular formula is C55H70FN3O9. The van der Waals surface area contributed by atoms with E-state index in [0.29, 0.717) is 62.0 Å². The Hall–Kier alpha value is -5.08. The second-order valence-electron chi connectivity index (χ2n) is 19.2. The smallest absolute Gasteiger partial charge is 0.412 e. The number of halogens is 1. The number of benzene rings is 3. The van der Waals surface area contributed by atoms with Crippen molar-refractivity contribution in [2.45, 2.75) is 140 Å². The highest BCUT2D eigenvalue weighted by Gasteiger charge is 2.65. The predicted molar refractivity (Wildman–Crippen MR) is 257 cm³/mol. The van der Waals surface area contributed by atoms with Crippen molar-refractivity contribution in [2.24, 2.45) is 28.8 Å². The summed E-state index contributed by atoms with van der Waals surface area (Å²) >= 11 is 0. The minimum atomic E-state index is -1.48. The zero-order valence-electron chi connectivity index (χ0n) is 39.4. The maximum absolute atomic E-state index is 15.2. The summed E-state index contributed by atoms with van der Waals surface area (Å²) in [4.78, 5) is 36.8. The van der Waals surface area contributed by atoms with Gasteiger partial charge in [-0.2, -0.15) is 0 Å². The van der Waals surface area contributed by atoms with Crippen LogP contribution < -0.4 is 14.8 Å². The molecule has 2 amide bonds. The third kappa shape index (κ3) is 11.8. The van der Waals surface area contributed by atoms with Gasteiger partial charge in [0.05, 0.1) is 24.8 Å². The van der Waals surface area contributed by atoms with E-state index < -0.39 is 30.1 Å². The summed E-state index contributed by atoms with van der Waals surface area (Å²) in [5.41, 5.74) is 4.11. The number of nitrogens with one attached hydrogen (secondary N) is 1. The molecule has 0 aromatic heterocycles. The van der Waals surface area contributed by atoms with E-state index in [0.717, 1.165) is 80.1 Å². The first-order chi connectivity index (χ1) is 33.3. The van der Waals surface area contributed by atoms with Gasteiger partial charge >= 0.3 is 6.09 Å². The Bertz CT molecular complexity index is 2190. The van der Waals surface area contributed by atoms with E-state index in [1.165, 1.54) is 25.0 Å². The van der Waals surface area contributed by atoms with Crippen LogP contribution in [0.5, 0.6) is 11.5 Å². The topological polar surface area (TPSA) is 148 Å². The number of unbranched alkanes of at least 4 members (excludes halogenated alkanes) is 2. The van der Waals surface area contributed by atoms with Gasteiger partial charge in [-0.3, -0.25) is 4.79 Å². The van der Waals surface area contributed by atoms with Crippen molar-refractivity contribution >= 4 is 17.7 Å². The Labute approximate surface area is 400 Å². The largest absolute Gasteiger partial charge is 0.459 e. The van der Waals surface area contributed by atoms with Crippen molar-refractivity contribution in [2.75, 3.05) is 26.4 Å². The summed E-state index contributed by atoms with van der Waals surface area (Å²) < 4.78 is 41.1. The monoisotopic (exact) mass is 936 g/mol. The molecule has 3 aromatic carbocycles. The number of hydrogen-bond acceptors (Lipinski definition) is 10. The summed E-state index contributed by atoms with van der Waals surface area (Å²) in [7, 11) is 0. The lowest BCUT2D eigenvalue weighted by atomic mass is 9.55. The van der Waals surface area contributed by atoms with Crippen LogP contribution in [0, 0.1) is 29.5 Å².